The molecule has 0 spiro atoms. The second-order valence-corrected chi connectivity index (χ2v) is 7.07. The monoisotopic (exact) mass is 287 g/mol. The summed E-state index contributed by atoms with van der Waals surface area (Å²) in [5, 5.41) is 4.94. The zero-order chi connectivity index (χ0) is 15.5. The average molecular weight is 287 g/mol. The number of fused-ring (bicyclic) bond motifs is 1. The predicted octanol–water partition coefficient (Wildman–Crippen LogP) is 5.30. The molecule has 0 saturated heterocycles. The number of furan rings is 1. The standard InChI is InChI=1S/C19H29NO/c1-6-7-11-18-16(13-20-14(2)19(3,4)5)15-10-8-9-12-17(15)21-18/h8-10,12,14,20H,6-7,11,13H2,1-5H3. The third-order valence-electron chi connectivity index (χ3n) is 4.42. The number of unbranched alkanes of at least 4 members (excludes halogenated alkanes) is 1. The fraction of sp³-hybridized carbons (Fsp3) is 0.579. The van der Waals surface area contributed by atoms with Gasteiger partial charge in [0.05, 0.1) is 0 Å². The maximum Gasteiger partial charge on any atom is 0.134 e. The lowest BCUT2D eigenvalue weighted by Crippen LogP contribution is -2.37. The molecule has 0 radical (unpaired) electrons. The largest absolute Gasteiger partial charge is 0.461 e. The molecule has 2 rings (SSSR count). The van der Waals surface area contributed by atoms with Crippen LogP contribution >= 0.6 is 0 Å². The lowest BCUT2D eigenvalue weighted by atomic mass is 9.88. The van der Waals surface area contributed by atoms with Crippen LogP contribution in [0.1, 0.15) is 58.8 Å². The molecule has 2 aromatic rings. The summed E-state index contributed by atoms with van der Waals surface area (Å²) in [6.45, 7) is 12.2. The normalized spacial score (nSPS) is 13.8. The minimum atomic E-state index is 0.267. The van der Waals surface area contributed by atoms with E-state index in [2.05, 4.69) is 58.1 Å². The summed E-state index contributed by atoms with van der Waals surface area (Å²) in [6, 6.07) is 8.85. The van der Waals surface area contributed by atoms with Gasteiger partial charge in [0, 0.05) is 30.0 Å². The molecule has 21 heavy (non-hydrogen) atoms. The van der Waals surface area contributed by atoms with E-state index in [4.69, 9.17) is 4.42 Å². The van der Waals surface area contributed by atoms with Gasteiger partial charge >= 0.3 is 0 Å². The van der Waals surface area contributed by atoms with Gasteiger partial charge in [-0.25, -0.2) is 0 Å². The maximum absolute atomic E-state index is 6.08. The number of rotatable bonds is 6. The highest BCUT2D eigenvalue weighted by molar-refractivity contribution is 5.82. The van der Waals surface area contributed by atoms with Crippen LogP contribution in [0, 0.1) is 5.41 Å². The van der Waals surface area contributed by atoms with Gasteiger partial charge in [0.15, 0.2) is 0 Å². The second-order valence-electron chi connectivity index (χ2n) is 7.07. The average Bonchev–Trinajstić information content (AvgIpc) is 2.79. The van der Waals surface area contributed by atoms with Gasteiger partial charge in [0.2, 0.25) is 0 Å². The molecule has 0 aliphatic heterocycles. The SMILES string of the molecule is CCCCc1oc2ccccc2c1CNC(C)C(C)(C)C. The van der Waals surface area contributed by atoms with E-state index in [-0.39, 0.29) is 5.41 Å². The van der Waals surface area contributed by atoms with Crippen molar-refractivity contribution in [1.29, 1.82) is 0 Å². The third kappa shape index (κ3) is 3.88. The van der Waals surface area contributed by atoms with E-state index in [9.17, 15) is 0 Å². The summed E-state index contributed by atoms with van der Waals surface area (Å²) >= 11 is 0. The number of nitrogens with one attached hydrogen (secondary N) is 1. The molecule has 2 nitrogen and oxygen atoms in total. The Hall–Kier alpha value is -1.28. The van der Waals surface area contributed by atoms with Crippen LogP contribution in [0.5, 0.6) is 0 Å². The Morgan fingerprint density at radius 1 is 1.19 bits per heavy atom. The van der Waals surface area contributed by atoms with Crippen LogP contribution in [0.2, 0.25) is 0 Å². The van der Waals surface area contributed by atoms with Gasteiger partial charge in [0.25, 0.3) is 0 Å². The second kappa shape index (κ2) is 6.65. The molecule has 0 amide bonds. The molecule has 1 unspecified atom stereocenters. The van der Waals surface area contributed by atoms with Crippen LogP contribution in [0.3, 0.4) is 0 Å². The Kier molecular flexibility index (Phi) is 5.10. The number of para-hydroxylation sites is 1. The molecule has 116 valence electrons. The number of aryl methyl sites for hydroxylation is 1. The molecular weight excluding hydrogens is 258 g/mol. The van der Waals surface area contributed by atoms with E-state index in [1.807, 2.05) is 6.07 Å². The van der Waals surface area contributed by atoms with Gasteiger partial charge in [-0.15, -0.1) is 0 Å². The zero-order valence-corrected chi connectivity index (χ0v) is 14.1. The van der Waals surface area contributed by atoms with Crippen molar-refractivity contribution in [1.82, 2.24) is 5.32 Å². The molecule has 2 heteroatoms. The maximum atomic E-state index is 6.08. The van der Waals surface area contributed by atoms with Crippen molar-refractivity contribution in [3.8, 4) is 0 Å². The quantitative estimate of drug-likeness (QED) is 0.780. The van der Waals surface area contributed by atoms with Gasteiger partial charge in [-0.3, -0.25) is 0 Å². The van der Waals surface area contributed by atoms with E-state index in [1.54, 1.807) is 0 Å². The van der Waals surface area contributed by atoms with Gasteiger partial charge in [0.1, 0.15) is 11.3 Å². The Morgan fingerprint density at radius 3 is 2.57 bits per heavy atom. The molecule has 0 saturated carbocycles. The van der Waals surface area contributed by atoms with E-state index in [0.29, 0.717) is 6.04 Å². The fourth-order valence-corrected chi connectivity index (χ4v) is 2.44. The highest BCUT2D eigenvalue weighted by Gasteiger charge is 2.21. The minimum absolute atomic E-state index is 0.267. The van der Waals surface area contributed by atoms with Gasteiger partial charge < -0.3 is 9.73 Å². The van der Waals surface area contributed by atoms with Crippen LogP contribution in [0.15, 0.2) is 28.7 Å². The van der Waals surface area contributed by atoms with Crippen molar-refractivity contribution in [2.45, 2.75) is 66.5 Å². The van der Waals surface area contributed by atoms with E-state index in [1.165, 1.54) is 23.8 Å². The molecule has 0 fully saturated rings. The number of hydrogen-bond donors (Lipinski definition) is 1. The zero-order valence-electron chi connectivity index (χ0n) is 14.1. The molecule has 1 heterocycles. The Balaban J connectivity index is 2.23. The summed E-state index contributed by atoms with van der Waals surface area (Å²) in [6.07, 6.45) is 3.41. The van der Waals surface area contributed by atoms with Crippen molar-refractivity contribution in [3.63, 3.8) is 0 Å². The van der Waals surface area contributed by atoms with E-state index in [0.717, 1.165) is 24.3 Å². The number of hydrogen-bond acceptors (Lipinski definition) is 2. The van der Waals surface area contributed by atoms with Gasteiger partial charge in [-0.1, -0.05) is 52.3 Å². The molecule has 0 aliphatic carbocycles. The summed E-state index contributed by atoms with van der Waals surface area (Å²) in [5.74, 6) is 1.16. The van der Waals surface area contributed by atoms with Crippen LogP contribution in [0.25, 0.3) is 11.0 Å². The molecule has 1 aromatic carbocycles. The first kappa shape index (κ1) is 16.1. The molecule has 0 bridgehead atoms. The molecule has 1 atom stereocenters. The third-order valence-corrected chi connectivity index (χ3v) is 4.42. The van der Waals surface area contributed by atoms with E-state index < -0.39 is 0 Å². The summed E-state index contributed by atoms with van der Waals surface area (Å²) < 4.78 is 6.08. The predicted molar refractivity (Wildman–Crippen MR) is 90.6 cm³/mol. The van der Waals surface area contributed by atoms with Gasteiger partial charge in [-0.2, -0.15) is 0 Å². The molecule has 0 aliphatic rings. The first-order chi connectivity index (χ1) is 9.93. The topological polar surface area (TPSA) is 25.2 Å². The van der Waals surface area contributed by atoms with Crippen LogP contribution in [0.4, 0.5) is 0 Å². The lowest BCUT2D eigenvalue weighted by molar-refractivity contribution is 0.284. The fourth-order valence-electron chi connectivity index (χ4n) is 2.44. The van der Waals surface area contributed by atoms with Crippen LogP contribution in [-0.2, 0) is 13.0 Å². The molecule has 1 N–H and O–H groups in total. The summed E-state index contributed by atoms with van der Waals surface area (Å²) in [4.78, 5) is 0. The summed E-state index contributed by atoms with van der Waals surface area (Å²) in [5.41, 5.74) is 2.63. The lowest BCUT2D eigenvalue weighted by Gasteiger charge is -2.28. The van der Waals surface area contributed by atoms with Gasteiger partial charge in [-0.05, 0) is 24.8 Å². The first-order valence-electron chi connectivity index (χ1n) is 8.16. The highest BCUT2D eigenvalue weighted by atomic mass is 16.3. The van der Waals surface area contributed by atoms with Crippen molar-refractivity contribution in [2.24, 2.45) is 5.41 Å². The smallest absolute Gasteiger partial charge is 0.134 e. The Labute approximate surface area is 128 Å². The van der Waals surface area contributed by atoms with Crippen LogP contribution in [-0.4, -0.2) is 6.04 Å². The Morgan fingerprint density at radius 2 is 1.90 bits per heavy atom. The van der Waals surface area contributed by atoms with E-state index >= 15 is 0 Å². The highest BCUT2D eigenvalue weighted by Crippen LogP contribution is 2.28. The summed E-state index contributed by atoms with van der Waals surface area (Å²) in [7, 11) is 0. The number of benzene rings is 1. The molecular formula is C19H29NO. The van der Waals surface area contributed by atoms with Crippen molar-refractivity contribution >= 4 is 11.0 Å². The molecule has 1 aromatic heterocycles. The first-order valence-corrected chi connectivity index (χ1v) is 8.16. The van der Waals surface area contributed by atoms with Crippen LogP contribution < -0.4 is 5.32 Å². The minimum Gasteiger partial charge on any atom is -0.461 e. The van der Waals surface area contributed by atoms with Crippen molar-refractivity contribution in [3.05, 3.63) is 35.6 Å². The van der Waals surface area contributed by atoms with Crippen molar-refractivity contribution in [2.75, 3.05) is 0 Å². The van der Waals surface area contributed by atoms with Crippen molar-refractivity contribution < 1.29 is 4.42 Å². The Bertz CT molecular complexity index is 577.